The number of hydrogen-bond acceptors (Lipinski definition) is 5. The molecule has 168 valence electrons. The summed E-state index contributed by atoms with van der Waals surface area (Å²) in [7, 11) is 0. The molecule has 0 spiro atoms. The quantitative estimate of drug-likeness (QED) is 0.408. The molecule has 1 amide bonds. The van der Waals surface area contributed by atoms with Crippen molar-refractivity contribution in [2.75, 3.05) is 37.7 Å². The Hall–Kier alpha value is -2.15. The highest BCUT2D eigenvalue weighted by Gasteiger charge is 2.21. The van der Waals surface area contributed by atoms with Gasteiger partial charge in [-0.3, -0.25) is 9.69 Å². The Kier molecular flexibility index (Phi) is 9.75. The number of benzene rings is 2. The van der Waals surface area contributed by atoms with Gasteiger partial charge in [0.2, 0.25) is 5.91 Å². The summed E-state index contributed by atoms with van der Waals surface area (Å²) >= 11 is 1.55. The molecule has 0 fully saturated rings. The molecule has 0 unspecified atom stereocenters. The van der Waals surface area contributed by atoms with Crippen LogP contribution in [0.4, 0.5) is 5.13 Å². The van der Waals surface area contributed by atoms with Gasteiger partial charge in [-0.25, -0.2) is 4.98 Å². The van der Waals surface area contributed by atoms with Crippen LogP contribution in [0.5, 0.6) is 5.75 Å². The van der Waals surface area contributed by atoms with Crippen LogP contribution in [0.25, 0.3) is 10.2 Å². The Morgan fingerprint density at radius 2 is 1.84 bits per heavy atom. The first kappa shape index (κ1) is 25.1. The number of rotatable bonds is 10. The lowest BCUT2D eigenvalue weighted by atomic mass is 10.1. The minimum atomic E-state index is 0. The topological polar surface area (TPSA) is 45.7 Å². The molecule has 7 heteroatoms. The van der Waals surface area contributed by atoms with E-state index in [2.05, 4.69) is 37.8 Å². The van der Waals surface area contributed by atoms with E-state index < -0.39 is 0 Å². The molecule has 0 N–H and O–H groups in total. The van der Waals surface area contributed by atoms with Crippen LogP contribution in [0.3, 0.4) is 0 Å². The molecule has 3 rings (SSSR count). The maximum Gasteiger partial charge on any atom is 0.233 e. The van der Waals surface area contributed by atoms with E-state index in [0.29, 0.717) is 19.6 Å². The van der Waals surface area contributed by atoms with Crippen molar-refractivity contribution in [1.82, 2.24) is 9.88 Å². The van der Waals surface area contributed by atoms with Gasteiger partial charge in [0, 0.05) is 13.1 Å². The van der Waals surface area contributed by atoms with Crippen molar-refractivity contribution in [3.8, 4) is 5.75 Å². The molecule has 0 bridgehead atoms. The maximum atomic E-state index is 13.3. The number of fused-ring (bicyclic) bond motifs is 1. The third-order valence-corrected chi connectivity index (χ3v) is 6.20. The van der Waals surface area contributed by atoms with E-state index in [0.717, 1.165) is 46.3 Å². The second-order valence-electron chi connectivity index (χ2n) is 7.30. The average molecular weight is 462 g/mol. The SMILES string of the molecule is CCOc1ccc2nc(N(CCN(CC)CC)C(=O)Cc3cccc(C)c3)sc2c1.Cl. The number of ether oxygens (including phenoxy) is 1. The average Bonchev–Trinajstić information content (AvgIpc) is 3.14. The third kappa shape index (κ3) is 6.66. The van der Waals surface area contributed by atoms with Gasteiger partial charge in [0.05, 0.1) is 23.2 Å². The molecule has 0 radical (unpaired) electrons. The van der Waals surface area contributed by atoms with Crippen LogP contribution in [0, 0.1) is 6.92 Å². The molecule has 31 heavy (non-hydrogen) atoms. The first-order chi connectivity index (χ1) is 14.5. The van der Waals surface area contributed by atoms with Crippen molar-refractivity contribution in [2.45, 2.75) is 34.1 Å². The lowest BCUT2D eigenvalue weighted by molar-refractivity contribution is -0.118. The summed E-state index contributed by atoms with van der Waals surface area (Å²) in [6, 6.07) is 14.1. The van der Waals surface area contributed by atoms with Crippen LogP contribution in [-0.2, 0) is 11.2 Å². The summed E-state index contributed by atoms with van der Waals surface area (Å²) in [6.07, 6.45) is 0.375. The van der Waals surface area contributed by atoms with Crippen molar-refractivity contribution < 1.29 is 9.53 Å². The number of likely N-dealkylation sites (N-methyl/N-ethyl adjacent to an activating group) is 1. The first-order valence-corrected chi connectivity index (χ1v) is 11.5. The number of thiazole rings is 1. The fourth-order valence-electron chi connectivity index (χ4n) is 3.47. The molecule has 1 heterocycles. The normalized spacial score (nSPS) is 10.9. The summed E-state index contributed by atoms with van der Waals surface area (Å²) in [4.78, 5) is 22.3. The minimum Gasteiger partial charge on any atom is -0.494 e. The number of amides is 1. The summed E-state index contributed by atoms with van der Waals surface area (Å²) in [5.74, 6) is 0.915. The standard InChI is InChI=1S/C24H31N3O2S.ClH/c1-5-26(6-2)13-14-27(23(28)16-19-10-8-9-18(4)15-19)24-25-21-12-11-20(29-7-3)17-22(21)30-24;/h8-12,15,17H,5-7,13-14,16H2,1-4H3;1H. The highest BCUT2D eigenvalue weighted by Crippen LogP contribution is 2.32. The largest absolute Gasteiger partial charge is 0.494 e. The minimum absolute atomic E-state index is 0. The molecular formula is C24H32ClN3O2S. The van der Waals surface area contributed by atoms with Crippen molar-refractivity contribution in [2.24, 2.45) is 0 Å². The zero-order valence-corrected chi connectivity index (χ0v) is 20.4. The van der Waals surface area contributed by atoms with Gasteiger partial charge in [-0.2, -0.15) is 0 Å². The van der Waals surface area contributed by atoms with Crippen LogP contribution in [0.2, 0.25) is 0 Å². The molecule has 2 aromatic carbocycles. The second kappa shape index (κ2) is 12.0. The van der Waals surface area contributed by atoms with Crippen LogP contribution >= 0.6 is 23.7 Å². The Balaban J connectivity index is 0.00000341. The zero-order valence-electron chi connectivity index (χ0n) is 18.8. The van der Waals surface area contributed by atoms with E-state index in [1.165, 1.54) is 5.56 Å². The highest BCUT2D eigenvalue weighted by molar-refractivity contribution is 7.22. The smallest absolute Gasteiger partial charge is 0.233 e. The monoisotopic (exact) mass is 461 g/mol. The summed E-state index contributed by atoms with van der Waals surface area (Å²) in [5.41, 5.74) is 3.10. The molecule has 0 saturated heterocycles. The van der Waals surface area contributed by atoms with E-state index in [9.17, 15) is 4.79 Å². The van der Waals surface area contributed by atoms with E-state index in [4.69, 9.17) is 9.72 Å². The van der Waals surface area contributed by atoms with E-state index in [1.807, 2.05) is 42.2 Å². The van der Waals surface area contributed by atoms with Gasteiger partial charge >= 0.3 is 0 Å². The Morgan fingerprint density at radius 3 is 2.52 bits per heavy atom. The molecule has 3 aromatic rings. The van der Waals surface area contributed by atoms with E-state index in [1.54, 1.807) is 11.3 Å². The zero-order chi connectivity index (χ0) is 21.5. The van der Waals surface area contributed by atoms with Crippen molar-refractivity contribution >= 4 is 45.0 Å². The van der Waals surface area contributed by atoms with Gasteiger partial charge in [0.25, 0.3) is 0 Å². The predicted octanol–water partition coefficient (Wildman–Crippen LogP) is 5.34. The van der Waals surface area contributed by atoms with Gasteiger partial charge in [0.15, 0.2) is 5.13 Å². The van der Waals surface area contributed by atoms with Gasteiger partial charge in [-0.15, -0.1) is 12.4 Å². The van der Waals surface area contributed by atoms with Crippen LogP contribution in [-0.4, -0.2) is 48.6 Å². The third-order valence-electron chi connectivity index (χ3n) is 5.16. The Morgan fingerprint density at radius 1 is 1.06 bits per heavy atom. The first-order valence-electron chi connectivity index (χ1n) is 10.7. The van der Waals surface area contributed by atoms with Crippen molar-refractivity contribution in [1.29, 1.82) is 0 Å². The Bertz CT molecular complexity index is 988. The summed E-state index contributed by atoms with van der Waals surface area (Å²) in [6.45, 7) is 12.3. The number of anilines is 1. The molecule has 0 atom stereocenters. The maximum absolute atomic E-state index is 13.3. The molecule has 0 aliphatic carbocycles. The summed E-state index contributed by atoms with van der Waals surface area (Å²) < 4.78 is 6.66. The molecule has 0 saturated carbocycles. The highest BCUT2D eigenvalue weighted by atomic mass is 35.5. The van der Waals surface area contributed by atoms with Crippen molar-refractivity contribution in [3.63, 3.8) is 0 Å². The molecule has 5 nitrogen and oxygen atoms in total. The van der Waals surface area contributed by atoms with E-state index in [-0.39, 0.29) is 18.3 Å². The lowest BCUT2D eigenvalue weighted by Gasteiger charge is -2.24. The van der Waals surface area contributed by atoms with Crippen LogP contribution in [0.15, 0.2) is 42.5 Å². The lowest BCUT2D eigenvalue weighted by Crippen LogP contribution is -2.39. The fraction of sp³-hybridized carbons (Fsp3) is 0.417. The van der Waals surface area contributed by atoms with Gasteiger partial charge < -0.3 is 9.64 Å². The van der Waals surface area contributed by atoms with Crippen LogP contribution < -0.4 is 9.64 Å². The number of aryl methyl sites for hydroxylation is 1. The van der Waals surface area contributed by atoms with Crippen molar-refractivity contribution in [3.05, 3.63) is 53.6 Å². The number of halogens is 1. The molecule has 0 aliphatic rings. The molecule has 0 aliphatic heterocycles. The Labute approximate surface area is 195 Å². The second-order valence-corrected chi connectivity index (χ2v) is 8.31. The number of aromatic nitrogens is 1. The number of hydrogen-bond donors (Lipinski definition) is 0. The van der Waals surface area contributed by atoms with E-state index >= 15 is 0 Å². The molecular weight excluding hydrogens is 430 g/mol. The number of carbonyl (C=O) groups excluding carboxylic acids is 1. The van der Waals surface area contributed by atoms with Gasteiger partial charge in [-0.1, -0.05) is 55.0 Å². The fourth-order valence-corrected chi connectivity index (χ4v) is 4.50. The van der Waals surface area contributed by atoms with Gasteiger partial charge in [0.1, 0.15) is 5.75 Å². The summed E-state index contributed by atoms with van der Waals surface area (Å²) in [5, 5.41) is 0.753. The van der Waals surface area contributed by atoms with Gasteiger partial charge in [-0.05, 0) is 50.7 Å². The van der Waals surface area contributed by atoms with Crippen LogP contribution in [0.1, 0.15) is 31.9 Å². The number of carbonyl (C=O) groups is 1. The predicted molar refractivity (Wildman–Crippen MR) is 133 cm³/mol. The number of nitrogens with zero attached hydrogens (tertiary/aromatic N) is 3. The molecule has 1 aromatic heterocycles.